The number of nitrogens with zero attached hydrogens (tertiary/aromatic N) is 1. The Bertz CT molecular complexity index is 239. The van der Waals surface area contributed by atoms with Gasteiger partial charge in [-0.1, -0.05) is 39.0 Å². The molecule has 0 atom stereocenters. The highest BCUT2D eigenvalue weighted by atomic mass is 35.5. The zero-order valence-corrected chi connectivity index (χ0v) is 10.9. The van der Waals surface area contributed by atoms with Crippen molar-refractivity contribution in [2.75, 3.05) is 11.9 Å². The van der Waals surface area contributed by atoms with E-state index in [1.807, 2.05) is 24.5 Å². The van der Waals surface area contributed by atoms with Crippen molar-refractivity contribution in [3.8, 4) is 0 Å². The number of nitrogens with one attached hydrogen (secondary N) is 1. The van der Waals surface area contributed by atoms with E-state index >= 15 is 0 Å². The smallest absolute Gasteiger partial charge is 0.0371 e. The lowest BCUT2D eigenvalue weighted by Crippen LogP contribution is -2.01. The van der Waals surface area contributed by atoms with Gasteiger partial charge in [0, 0.05) is 24.6 Å². The third-order valence-electron chi connectivity index (χ3n) is 2.54. The van der Waals surface area contributed by atoms with Crippen molar-refractivity contribution in [1.82, 2.24) is 4.98 Å². The average Bonchev–Trinajstić information content (AvgIpc) is 2.29. The number of unbranched alkanes of at least 4 members (excludes halogenated alkanes) is 5. The molecule has 0 fully saturated rings. The van der Waals surface area contributed by atoms with Gasteiger partial charge in [0.1, 0.15) is 0 Å². The van der Waals surface area contributed by atoms with E-state index in [0.29, 0.717) is 0 Å². The molecule has 1 aromatic heterocycles. The summed E-state index contributed by atoms with van der Waals surface area (Å²) in [6.45, 7) is 3.33. The Labute approximate surface area is 105 Å². The molecule has 0 aliphatic heterocycles. The Morgan fingerprint density at radius 1 is 1.00 bits per heavy atom. The van der Waals surface area contributed by atoms with E-state index in [9.17, 15) is 0 Å². The molecule has 2 nitrogen and oxygen atoms in total. The van der Waals surface area contributed by atoms with Gasteiger partial charge in [-0.3, -0.25) is 4.98 Å². The minimum Gasteiger partial charge on any atom is -0.385 e. The molecule has 92 valence electrons. The van der Waals surface area contributed by atoms with Crippen LogP contribution in [0.25, 0.3) is 0 Å². The van der Waals surface area contributed by atoms with Crippen LogP contribution in [0.2, 0.25) is 0 Å². The minimum absolute atomic E-state index is 0. The normalized spacial score (nSPS) is 9.56. The number of hydrogen-bond donors (Lipinski definition) is 1. The van der Waals surface area contributed by atoms with Crippen molar-refractivity contribution in [3.05, 3.63) is 24.5 Å². The van der Waals surface area contributed by atoms with Crippen LogP contribution in [0, 0.1) is 0 Å². The van der Waals surface area contributed by atoms with Crippen LogP contribution >= 0.6 is 12.4 Å². The first-order chi connectivity index (χ1) is 7.43. The molecule has 1 heterocycles. The molecule has 0 spiro atoms. The molecule has 0 saturated heterocycles. The van der Waals surface area contributed by atoms with Gasteiger partial charge in [0.05, 0.1) is 0 Å². The number of aromatic nitrogens is 1. The van der Waals surface area contributed by atoms with Crippen LogP contribution < -0.4 is 5.32 Å². The van der Waals surface area contributed by atoms with E-state index in [1.165, 1.54) is 44.2 Å². The fourth-order valence-electron chi connectivity index (χ4n) is 1.61. The third kappa shape index (κ3) is 7.52. The summed E-state index contributed by atoms with van der Waals surface area (Å²) in [5.74, 6) is 0. The first kappa shape index (κ1) is 15.2. The van der Waals surface area contributed by atoms with Gasteiger partial charge < -0.3 is 5.32 Å². The van der Waals surface area contributed by atoms with Crippen molar-refractivity contribution in [1.29, 1.82) is 0 Å². The summed E-state index contributed by atoms with van der Waals surface area (Å²) in [5, 5.41) is 3.40. The van der Waals surface area contributed by atoms with E-state index in [2.05, 4.69) is 17.2 Å². The highest BCUT2D eigenvalue weighted by molar-refractivity contribution is 5.85. The Balaban J connectivity index is 0.00000225. The van der Waals surface area contributed by atoms with Gasteiger partial charge in [0.15, 0.2) is 0 Å². The summed E-state index contributed by atoms with van der Waals surface area (Å²) in [5.41, 5.74) is 1.18. The average molecular weight is 243 g/mol. The van der Waals surface area contributed by atoms with Gasteiger partial charge in [-0.25, -0.2) is 0 Å². The second-order valence-electron chi connectivity index (χ2n) is 3.93. The molecular weight excluding hydrogens is 220 g/mol. The van der Waals surface area contributed by atoms with E-state index in [4.69, 9.17) is 0 Å². The zero-order valence-electron chi connectivity index (χ0n) is 10.1. The van der Waals surface area contributed by atoms with Gasteiger partial charge in [-0.2, -0.15) is 0 Å². The Hall–Kier alpha value is -0.760. The van der Waals surface area contributed by atoms with E-state index in [-0.39, 0.29) is 12.4 Å². The maximum Gasteiger partial charge on any atom is 0.0371 e. The summed E-state index contributed by atoms with van der Waals surface area (Å²) in [6, 6.07) is 4.02. The lowest BCUT2D eigenvalue weighted by atomic mass is 10.1. The van der Waals surface area contributed by atoms with Crippen molar-refractivity contribution < 1.29 is 0 Å². The molecule has 0 aliphatic carbocycles. The van der Waals surface area contributed by atoms with Crippen LogP contribution in [0.1, 0.15) is 45.4 Å². The summed E-state index contributed by atoms with van der Waals surface area (Å²) in [4.78, 5) is 3.98. The molecule has 0 bridgehead atoms. The second kappa shape index (κ2) is 10.7. The van der Waals surface area contributed by atoms with Crippen LogP contribution in [0.5, 0.6) is 0 Å². The highest BCUT2D eigenvalue weighted by Crippen LogP contribution is 2.07. The monoisotopic (exact) mass is 242 g/mol. The lowest BCUT2D eigenvalue weighted by Gasteiger charge is -2.05. The van der Waals surface area contributed by atoms with E-state index < -0.39 is 0 Å². The van der Waals surface area contributed by atoms with E-state index in [1.54, 1.807) is 0 Å². The van der Waals surface area contributed by atoms with Gasteiger partial charge in [-0.15, -0.1) is 12.4 Å². The number of halogens is 1. The Kier molecular flexibility index (Phi) is 10.2. The largest absolute Gasteiger partial charge is 0.385 e. The van der Waals surface area contributed by atoms with Crippen LogP contribution in [0.3, 0.4) is 0 Å². The van der Waals surface area contributed by atoms with E-state index in [0.717, 1.165) is 6.54 Å². The summed E-state index contributed by atoms with van der Waals surface area (Å²) in [6.07, 6.45) is 11.8. The SMILES string of the molecule is CCCCCCCCNc1ccncc1.Cl. The predicted molar refractivity (Wildman–Crippen MR) is 73.4 cm³/mol. The summed E-state index contributed by atoms with van der Waals surface area (Å²) >= 11 is 0. The maximum atomic E-state index is 3.98. The van der Waals surface area contributed by atoms with Crippen LogP contribution in [0.4, 0.5) is 5.69 Å². The Morgan fingerprint density at radius 3 is 2.31 bits per heavy atom. The molecule has 3 heteroatoms. The fourth-order valence-corrected chi connectivity index (χ4v) is 1.61. The standard InChI is InChI=1S/C13H22N2.ClH/c1-2-3-4-5-6-7-10-15-13-8-11-14-12-9-13;/h8-9,11-12H,2-7,10H2,1H3,(H,14,15);1H. The molecule has 0 amide bonds. The highest BCUT2D eigenvalue weighted by Gasteiger charge is 1.91. The predicted octanol–water partition coefficient (Wildman–Crippen LogP) is 4.28. The molecule has 0 aromatic carbocycles. The molecular formula is C13H23ClN2. The van der Waals surface area contributed by atoms with Crippen molar-refractivity contribution in [2.24, 2.45) is 0 Å². The molecule has 1 N–H and O–H groups in total. The molecule has 0 unspecified atom stereocenters. The first-order valence-electron chi connectivity index (χ1n) is 6.07. The number of hydrogen-bond acceptors (Lipinski definition) is 2. The lowest BCUT2D eigenvalue weighted by molar-refractivity contribution is 0.617. The molecule has 1 rings (SSSR count). The molecule has 0 saturated carbocycles. The summed E-state index contributed by atoms with van der Waals surface area (Å²) < 4.78 is 0. The topological polar surface area (TPSA) is 24.9 Å². The zero-order chi connectivity index (χ0) is 10.8. The van der Waals surface area contributed by atoms with Crippen LogP contribution in [-0.4, -0.2) is 11.5 Å². The maximum absolute atomic E-state index is 3.98. The number of anilines is 1. The van der Waals surface area contributed by atoms with Gasteiger partial charge in [0.25, 0.3) is 0 Å². The van der Waals surface area contributed by atoms with Crippen LogP contribution in [-0.2, 0) is 0 Å². The molecule has 0 aliphatic rings. The molecule has 16 heavy (non-hydrogen) atoms. The molecule has 1 aromatic rings. The summed E-state index contributed by atoms with van der Waals surface area (Å²) in [7, 11) is 0. The van der Waals surface area contributed by atoms with Gasteiger partial charge in [0.2, 0.25) is 0 Å². The second-order valence-corrected chi connectivity index (χ2v) is 3.93. The van der Waals surface area contributed by atoms with Crippen molar-refractivity contribution >= 4 is 18.1 Å². The number of pyridine rings is 1. The van der Waals surface area contributed by atoms with Crippen molar-refractivity contribution in [3.63, 3.8) is 0 Å². The molecule has 0 radical (unpaired) electrons. The third-order valence-corrected chi connectivity index (χ3v) is 2.54. The quantitative estimate of drug-likeness (QED) is 0.689. The first-order valence-corrected chi connectivity index (χ1v) is 6.07. The minimum atomic E-state index is 0. The van der Waals surface area contributed by atoms with Crippen LogP contribution in [0.15, 0.2) is 24.5 Å². The van der Waals surface area contributed by atoms with Crippen molar-refractivity contribution in [2.45, 2.75) is 45.4 Å². The van der Waals surface area contributed by atoms with Gasteiger partial charge in [-0.05, 0) is 18.6 Å². The number of rotatable bonds is 8. The van der Waals surface area contributed by atoms with Gasteiger partial charge >= 0.3 is 0 Å². The fraction of sp³-hybridized carbons (Fsp3) is 0.615. The Morgan fingerprint density at radius 2 is 1.62 bits per heavy atom.